The average Bonchev–Trinajstić information content (AvgIpc) is 2.24. The average molecular weight is 342 g/mol. The minimum atomic E-state index is -2.01. The van der Waals surface area contributed by atoms with Gasteiger partial charge in [-0.15, -0.1) is 0 Å². The summed E-state index contributed by atoms with van der Waals surface area (Å²) in [5, 5.41) is 9.76. The van der Waals surface area contributed by atoms with Gasteiger partial charge in [-0.2, -0.15) is 5.26 Å². The third kappa shape index (κ3) is 5.56. The summed E-state index contributed by atoms with van der Waals surface area (Å²) in [5.41, 5.74) is -0.939. The van der Waals surface area contributed by atoms with Gasteiger partial charge in [-0.3, -0.25) is 0 Å². The van der Waals surface area contributed by atoms with Gasteiger partial charge in [0.05, 0.1) is 6.26 Å². The second kappa shape index (κ2) is 6.50. The van der Waals surface area contributed by atoms with Crippen LogP contribution in [0.1, 0.15) is 48.5 Å². The highest BCUT2D eigenvalue weighted by Crippen LogP contribution is 2.40. The normalized spacial score (nSPS) is 17.2. The summed E-state index contributed by atoms with van der Waals surface area (Å²) in [6.07, 6.45) is 3.46. The highest BCUT2D eigenvalue weighted by Gasteiger charge is 2.43. The number of nitrogens with zero attached hydrogens (tertiary/aromatic N) is 1. The third-order valence-corrected chi connectivity index (χ3v) is 13.9. The molecule has 3 nitrogen and oxygen atoms in total. The van der Waals surface area contributed by atoms with E-state index in [0.29, 0.717) is 0 Å². The van der Waals surface area contributed by atoms with E-state index >= 15 is 0 Å². The zero-order valence-electron chi connectivity index (χ0n) is 16.4. The molecule has 0 fully saturated rings. The molecule has 128 valence electrons. The van der Waals surface area contributed by atoms with Crippen molar-refractivity contribution >= 4 is 16.6 Å². The van der Waals surface area contributed by atoms with Crippen LogP contribution in [0.3, 0.4) is 0 Å². The Morgan fingerprint density at radius 2 is 1.23 bits per heavy atom. The molecular formula is C17H35NO2Si2. The first-order chi connectivity index (χ1) is 9.47. The van der Waals surface area contributed by atoms with Crippen LogP contribution >= 0.6 is 0 Å². The molecule has 5 heteroatoms. The van der Waals surface area contributed by atoms with E-state index in [9.17, 15) is 5.26 Å². The second-order valence-electron chi connectivity index (χ2n) is 9.26. The third-order valence-electron chi connectivity index (χ3n) is 5.05. The molecule has 0 aliphatic heterocycles. The van der Waals surface area contributed by atoms with Gasteiger partial charge in [0.2, 0.25) is 8.32 Å². The van der Waals surface area contributed by atoms with Gasteiger partial charge in [0.25, 0.3) is 0 Å². The van der Waals surface area contributed by atoms with Crippen molar-refractivity contribution in [1.82, 2.24) is 0 Å². The molecule has 0 spiro atoms. The molecule has 0 aromatic carbocycles. The molecule has 0 bridgehead atoms. The lowest BCUT2D eigenvalue weighted by molar-refractivity contribution is 0.175. The Hall–Kier alpha value is -0.576. The predicted molar refractivity (Wildman–Crippen MR) is 99.7 cm³/mol. The van der Waals surface area contributed by atoms with Crippen LogP contribution < -0.4 is 0 Å². The standard InChI is InChI=1S/C17H35NO2Si2/c1-15(2,3)21(8,9)19-13-12-17(7,14-18)20-22(10,11)16(4,5)6/h12-13H,1-11H3/b13-12-/t17-/m1/s1. The fourth-order valence-corrected chi connectivity index (χ4v) is 3.53. The summed E-state index contributed by atoms with van der Waals surface area (Å²) in [7, 11) is -3.86. The fraction of sp³-hybridized carbons (Fsp3) is 0.824. The molecule has 0 aliphatic carbocycles. The van der Waals surface area contributed by atoms with Gasteiger partial charge in [-0.1, -0.05) is 41.5 Å². The summed E-state index contributed by atoms with van der Waals surface area (Å²) in [6.45, 7) is 23.6. The van der Waals surface area contributed by atoms with Gasteiger partial charge in [0.1, 0.15) is 6.07 Å². The van der Waals surface area contributed by atoms with E-state index in [4.69, 9.17) is 8.85 Å². The monoisotopic (exact) mass is 341 g/mol. The van der Waals surface area contributed by atoms with Gasteiger partial charge in [0, 0.05) is 0 Å². The molecule has 0 amide bonds. The lowest BCUT2D eigenvalue weighted by Gasteiger charge is -2.40. The Bertz CT molecular complexity index is 451. The molecule has 0 radical (unpaired) electrons. The summed E-state index contributed by atoms with van der Waals surface area (Å²) in [6, 6.07) is 2.29. The summed E-state index contributed by atoms with van der Waals surface area (Å²) in [5.74, 6) is 0. The van der Waals surface area contributed by atoms with Crippen molar-refractivity contribution in [2.24, 2.45) is 0 Å². The van der Waals surface area contributed by atoms with Gasteiger partial charge < -0.3 is 8.85 Å². The maximum absolute atomic E-state index is 9.56. The van der Waals surface area contributed by atoms with Crippen molar-refractivity contribution < 1.29 is 8.85 Å². The van der Waals surface area contributed by atoms with Gasteiger partial charge in [-0.25, -0.2) is 0 Å². The van der Waals surface area contributed by atoms with Crippen LogP contribution in [0, 0.1) is 11.3 Å². The Labute approximate surface area is 140 Å². The SMILES string of the molecule is CC(C)(C)[Si](C)(C)O/C=C\[C@](C)(C#N)O[Si](C)(C)C(C)(C)C. The molecule has 0 N–H and O–H groups in total. The van der Waals surface area contributed by atoms with E-state index < -0.39 is 22.2 Å². The van der Waals surface area contributed by atoms with Crippen molar-refractivity contribution in [1.29, 1.82) is 5.26 Å². The molecule has 0 aliphatic rings. The zero-order valence-corrected chi connectivity index (χ0v) is 18.4. The van der Waals surface area contributed by atoms with Crippen molar-refractivity contribution in [3.05, 3.63) is 12.3 Å². The van der Waals surface area contributed by atoms with Crippen molar-refractivity contribution in [3.8, 4) is 6.07 Å². The Morgan fingerprint density at radius 1 is 0.818 bits per heavy atom. The Balaban J connectivity index is 5.15. The minimum Gasteiger partial charge on any atom is -0.549 e. The molecule has 0 saturated heterocycles. The first kappa shape index (κ1) is 21.4. The number of hydrogen-bond acceptors (Lipinski definition) is 3. The molecule has 0 saturated carbocycles. The van der Waals surface area contributed by atoms with Crippen LogP contribution in [-0.2, 0) is 8.85 Å². The van der Waals surface area contributed by atoms with Crippen LogP contribution in [0.5, 0.6) is 0 Å². The molecule has 0 rings (SSSR count). The maximum Gasteiger partial charge on any atom is 0.249 e. The summed E-state index contributed by atoms with van der Waals surface area (Å²) in [4.78, 5) is 0. The zero-order chi connectivity index (χ0) is 18.0. The van der Waals surface area contributed by atoms with Crippen LogP contribution in [0.4, 0.5) is 0 Å². The molecule has 1 atom stereocenters. The Kier molecular flexibility index (Phi) is 6.33. The van der Waals surface area contributed by atoms with E-state index in [1.54, 1.807) is 12.3 Å². The molecule has 0 aromatic heterocycles. The van der Waals surface area contributed by atoms with Crippen LogP contribution in [0.25, 0.3) is 0 Å². The topological polar surface area (TPSA) is 42.2 Å². The van der Waals surface area contributed by atoms with Crippen LogP contribution in [-0.4, -0.2) is 22.2 Å². The quantitative estimate of drug-likeness (QED) is 0.467. The van der Waals surface area contributed by atoms with Gasteiger partial charge >= 0.3 is 0 Å². The second-order valence-corrected chi connectivity index (χ2v) is 18.7. The van der Waals surface area contributed by atoms with E-state index in [-0.39, 0.29) is 10.1 Å². The molecule has 0 unspecified atom stereocenters. The van der Waals surface area contributed by atoms with Crippen molar-refractivity contribution in [3.63, 3.8) is 0 Å². The van der Waals surface area contributed by atoms with Crippen LogP contribution in [0.2, 0.25) is 36.3 Å². The van der Waals surface area contributed by atoms with Crippen LogP contribution in [0.15, 0.2) is 12.3 Å². The smallest absolute Gasteiger partial charge is 0.249 e. The number of nitriles is 1. The Morgan fingerprint density at radius 3 is 1.55 bits per heavy atom. The van der Waals surface area contributed by atoms with E-state index in [1.165, 1.54) is 0 Å². The van der Waals surface area contributed by atoms with Crippen molar-refractivity contribution in [2.75, 3.05) is 0 Å². The van der Waals surface area contributed by atoms with E-state index in [0.717, 1.165) is 0 Å². The largest absolute Gasteiger partial charge is 0.549 e. The maximum atomic E-state index is 9.56. The van der Waals surface area contributed by atoms with Crippen molar-refractivity contribution in [2.45, 2.75) is 90.3 Å². The van der Waals surface area contributed by atoms with Gasteiger partial charge in [0.15, 0.2) is 13.9 Å². The lowest BCUT2D eigenvalue weighted by atomic mass is 10.1. The predicted octanol–water partition coefficient (Wildman–Crippen LogP) is 5.83. The highest BCUT2D eigenvalue weighted by molar-refractivity contribution is 6.74. The first-order valence-corrected chi connectivity index (χ1v) is 13.8. The molecule has 0 heterocycles. The molecular weight excluding hydrogens is 306 g/mol. The first-order valence-electron chi connectivity index (χ1n) is 7.94. The molecule has 22 heavy (non-hydrogen) atoms. The highest BCUT2D eigenvalue weighted by atomic mass is 28.4. The number of hydrogen-bond donors (Lipinski definition) is 0. The fourth-order valence-electron chi connectivity index (χ4n) is 1.29. The van der Waals surface area contributed by atoms with E-state index in [1.807, 2.05) is 6.92 Å². The number of rotatable bonds is 5. The summed E-state index contributed by atoms with van der Waals surface area (Å²) >= 11 is 0. The molecule has 0 aromatic rings. The van der Waals surface area contributed by atoms with Gasteiger partial charge in [-0.05, 0) is 49.3 Å². The minimum absolute atomic E-state index is 0.0687. The summed E-state index contributed by atoms with van der Waals surface area (Å²) < 4.78 is 12.3. The van der Waals surface area contributed by atoms with E-state index in [2.05, 4.69) is 73.8 Å². The lowest BCUT2D eigenvalue weighted by Crippen LogP contribution is -2.47.